The molecule has 2 atom stereocenters. The maximum absolute atomic E-state index is 9.80. The van der Waals surface area contributed by atoms with Crippen LogP contribution in [0.25, 0.3) is 0 Å². The Hall–Kier alpha value is -0.610. The Morgan fingerprint density at radius 1 is 1.50 bits per heavy atom. The molecule has 14 heavy (non-hydrogen) atoms. The summed E-state index contributed by atoms with van der Waals surface area (Å²) < 4.78 is 0. The quantitative estimate of drug-likeness (QED) is 0.521. The zero-order valence-electron chi connectivity index (χ0n) is 9.61. The van der Waals surface area contributed by atoms with Gasteiger partial charge in [-0.2, -0.15) is 0 Å². The van der Waals surface area contributed by atoms with Gasteiger partial charge in [0, 0.05) is 5.92 Å². The van der Waals surface area contributed by atoms with E-state index in [0.717, 1.165) is 5.71 Å². The van der Waals surface area contributed by atoms with Crippen LogP contribution in [0.5, 0.6) is 0 Å². The first-order chi connectivity index (χ1) is 6.34. The van der Waals surface area contributed by atoms with Crippen LogP contribution in [0.3, 0.4) is 0 Å². The molecule has 0 aromatic rings. The van der Waals surface area contributed by atoms with E-state index in [-0.39, 0.29) is 5.92 Å². The lowest BCUT2D eigenvalue weighted by Gasteiger charge is -2.29. The van der Waals surface area contributed by atoms with Crippen molar-refractivity contribution < 1.29 is 15.1 Å². The van der Waals surface area contributed by atoms with Crippen LogP contribution in [0, 0.1) is 5.92 Å². The summed E-state index contributed by atoms with van der Waals surface area (Å²) in [6.07, 6.45) is -0.140. The fraction of sp³-hybridized carbons (Fsp3) is 0.900. The highest BCUT2D eigenvalue weighted by molar-refractivity contribution is 5.86. The van der Waals surface area contributed by atoms with E-state index in [2.05, 4.69) is 9.99 Å². The molecular formula is C10H21NO3. The van der Waals surface area contributed by atoms with Crippen LogP contribution in [-0.4, -0.2) is 34.7 Å². The van der Waals surface area contributed by atoms with Crippen LogP contribution >= 0.6 is 0 Å². The van der Waals surface area contributed by atoms with Gasteiger partial charge in [-0.25, -0.2) is 0 Å². The standard InChI is InChI=1S/C10H21NO3/c1-6-8(11-14-5)7(2)9(12)10(3,4)13/h7,9,12-13H,6H2,1-5H3/t7-,9+/m0/s1. The van der Waals surface area contributed by atoms with Gasteiger partial charge in [0.05, 0.1) is 17.4 Å². The molecule has 0 amide bonds. The Bertz CT molecular complexity index is 196. The summed E-state index contributed by atoms with van der Waals surface area (Å²) >= 11 is 0. The van der Waals surface area contributed by atoms with Crippen molar-refractivity contribution in [1.82, 2.24) is 0 Å². The lowest BCUT2D eigenvalue weighted by molar-refractivity contribution is -0.0615. The van der Waals surface area contributed by atoms with Crippen LogP contribution in [0.2, 0.25) is 0 Å². The fourth-order valence-corrected chi connectivity index (χ4v) is 1.38. The third-order valence-electron chi connectivity index (χ3n) is 2.29. The summed E-state index contributed by atoms with van der Waals surface area (Å²) in [5, 5.41) is 23.2. The monoisotopic (exact) mass is 203 g/mol. The molecule has 0 aliphatic rings. The molecule has 4 nitrogen and oxygen atoms in total. The minimum atomic E-state index is -1.12. The van der Waals surface area contributed by atoms with Crippen molar-refractivity contribution in [2.75, 3.05) is 7.11 Å². The molecule has 0 unspecified atom stereocenters. The first-order valence-corrected chi connectivity index (χ1v) is 4.84. The van der Waals surface area contributed by atoms with Crippen molar-refractivity contribution in [3.05, 3.63) is 0 Å². The van der Waals surface area contributed by atoms with Gasteiger partial charge in [0.1, 0.15) is 7.11 Å². The predicted octanol–water partition coefficient (Wildman–Crippen LogP) is 1.17. The van der Waals surface area contributed by atoms with Crippen molar-refractivity contribution in [3.63, 3.8) is 0 Å². The Morgan fingerprint density at radius 3 is 2.29 bits per heavy atom. The molecule has 0 saturated heterocycles. The van der Waals surface area contributed by atoms with Crippen molar-refractivity contribution >= 4 is 5.71 Å². The third-order valence-corrected chi connectivity index (χ3v) is 2.29. The SMILES string of the molecule is CCC(=NOC)[C@H](C)[C@@H](O)C(C)(C)O. The van der Waals surface area contributed by atoms with Crippen molar-refractivity contribution in [2.45, 2.75) is 45.8 Å². The smallest absolute Gasteiger partial charge is 0.106 e. The number of hydrogen-bond donors (Lipinski definition) is 2. The number of hydrogen-bond acceptors (Lipinski definition) is 4. The molecule has 0 rings (SSSR count). The average molecular weight is 203 g/mol. The Kier molecular flexibility index (Phi) is 5.08. The lowest BCUT2D eigenvalue weighted by Crippen LogP contribution is -2.43. The van der Waals surface area contributed by atoms with Crippen LogP contribution in [0.15, 0.2) is 5.16 Å². The van der Waals surface area contributed by atoms with E-state index >= 15 is 0 Å². The van der Waals surface area contributed by atoms with Crippen LogP contribution in [0.4, 0.5) is 0 Å². The van der Waals surface area contributed by atoms with E-state index < -0.39 is 11.7 Å². The van der Waals surface area contributed by atoms with Crippen LogP contribution in [0.1, 0.15) is 34.1 Å². The molecule has 84 valence electrons. The summed E-state index contributed by atoms with van der Waals surface area (Å²) in [6, 6.07) is 0. The summed E-state index contributed by atoms with van der Waals surface area (Å²) in [5.74, 6) is -0.208. The Morgan fingerprint density at radius 2 is 2.00 bits per heavy atom. The second kappa shape index (κ2) is 5.32. The molecule has 0 aromatic heterocycles. The summed E-state index contributed by atoms with van der Waals surface area (Å²) in [4.78, 5) is 4.67. The third kappa shape index (κ3) is 3.64. The van der Waals surface area contributed by atoms with Gasteiger partial charge < -0.3 is 15.1 Å². The van der Waals surface area contributed by atoms with Crippen molar-refractivity contribution in [3.8, 4) is 0 Å². The van der Waals surface area contributed by atoms with E-state index in [1.165, 1.54) is 7.11 Å². The van der Waals surface area contributed by atoms with E-state index in [0.29, 0.717) is 6.42 Å². The fourth-order valence-electron chi connectivity index (χ4n) is 1.38. The van der Waals surface area contributed by atoms with Crippen LogP contribution in [-0.2, 0) is 4.84 Å². The van der Waals surface area contributed by atoms with E-state index in [4.69, 9.17) is 0 Å². The zero-order valence-corrected chi connectivity index (χ0v) is 9.61. The van der Waals surface area contributed by atoms with Crippen molar-refractivity contribution in [1.29, 1.82) is 0 Å². The van der Waals surface area contributed by atoms with Gasteiger partial charge in [0.15, 0.2) is 0 Å². The summed E-state index contributed by atoms with van der Waals surface area (Å²) in [7, 11) is 1.47. The van der Waals surface area contributed by atoms with Gasteiger partial charge in [-0.3, -0.25) is 0 Å². The van der Waals surface area contributed by atoms with E-state index in [9.17, 15) is 10.2 Å². The topological polar surface area (TPSA) is 62.0 Å². The molecule has 0 saturated carbocycles. The number of rotatable bonds is 5. The average Bonchev–Trinajstić information content (AvgIpc) is 2.10. The normalized spacial score (nSPS) is 17.8. The first kappa shape index (κ1) is 13.4. The molecule has 0 heterocycles. The predicted molar refractivity (Wildman–Crippen MR) is 56.2 cm³/mol. The number of aliphatic hydroxyl groups excluding tert-OH is 1. The molecular weight excluding hydrogens is 182 g/mol. The maximum Gasteiger partial charge on any atom is 0.106 e. The Balaban J connectivity index is 4.59. The highest BCUT2D eigenvalue weighted by Gasteiger charge is 2.32. The van der Waals surface area contributed by atoms with E-state index in [1.807, 2.05) is 13.8 Å². The number of aliphatic hydroxyl groups is 2. The van der Waals surface area contributed by atoms with Gasteiger partial charge in [0.2, 0.25) is 0 Å². The minimum absolute atomic E-state index is 0.208. The van der Waals surface area contributed by atoms with Crippen LogP contribution < -0.4 is 0 Å². The zero-order chi connectivity index (χ0) is 11.4. The molecule has 0 radical (unpaired) electrons. The molecule has 0 fully saturated rings. The largest absolute Gasteiger partial charge is 0.399 e. The minimum Gasteiger partial charge on any atom is -0.399 e. The van der Waals surface area contributed by atoms with Gasteiger partial charge in [-0.05, 0) is 20.3 Å². The van der Waals surface area contributed by atoms with Gasteiger partial charge in [0.25, 0.3) is 0 Å². The molecule has 0 spiro atoms. The summed E-state index contributed by atoms with van der Waals surface area (Å²) in [6.45, 7) is 6.91. The lowest BCUT2D eigenvalue weighted by atomic mass is 9.87. The van der Waals surface area contributed by atoms with Gasteiger partial charge >= 0.3 is 0 Å². The van der Waals surface area contributed by atoms with Crippen molar-refractivity contribution in [2.24, 2.45) is 11.1 Å². The van der Waals surface area contributed by atoms with Gasteiger partial charge in [-0.15, -0.1) is 0 Å². The maximum atomic E-state index is 9.80. The summed E-state index contributed by atoms with van der Waals surface area (Å²) in [5.41, 5.74) is -0.370. The molecule has 2 N–H and O–H groups in total. The highest BCUT2D eigenvalue weighted by Crippen LogP contribution is 2.19. The molecule has 0 aliphatic carbocycles. The second-order valence-electron chi connectivity index (χ2n) is 4.01. The number of nitrogens with zero attached hydrogens (tertiary/aromatic N) is 1. The molecule has 0 aliphatic heterocycles. The highest BCUT2D eigenvalue weighted by atomic mass is 16.6. The molecule has 0 aromatic carbocycles. The number of oxime groups is 1. The van der Waals surface area contributed by atoms with Gasteiger partial charge in [-0.1, -0.05) is 19.0 Å². The second-order valence-corrected chi connectivity index (χ2v) is 4.01. The Labute approximate surface area is 85.6 Å². The molecule has 4 heteroatoms. The first-order valence-electron chi connectivity index (χ1n) is 4.84. The molecule has 0 bridgehead atoms. The van der Waals surface area contributed by atoms with E-state index in [1.54, 1.807) is 13.8 Å².